The molecule has 0 aliphatic carbocycles. The predicted molar refractivity (Wildman–Crippen MR) is 38.3 cm³/mol. The second-order valence-corrected chi connectivity index (χ2v) is 2.63. The third-order valence-electron chi connectivity index (χ3n) is 1.59. The fourth-order valence-corrected chi connectivity index (χ4v) is 0.535. The molecule has 0 heterocycles. The topological polar surface area (TPSA) is 0 Å². The summed E-state index contributed by atoms with van der Waals surface area (Å²) in [4.78, 5) is 0. The van der Waals surface area contributed by atoms with Crippen LogP contribution in [0.2, 0.25) is 0 Å². The fraction of sp³-hybridized carbons (Fsp3) is 0.750. The first-order valence-corrected chi connectivity index (χ1v) is 3.31. The van der Waals surface area contributed by atoms with Crippen LogP contribution < -0.4 is 0 Å². The lowest BCUT2D eigenvalue weighted by Gasteiger charge is -2.12. The van der Waals surface area contributed by atoms with Crippen LogP contribution in [0.5, 0.6) is 0 Å². The van der Waals surface area contributed by atoms with Crippen LogP contribution in [0.25, 0.3) is 0 Å². The molecule has 0 amide bonds. The van der Waals surface area contributed by atoms with Crippen molar-refractivity contribution < 1.29 is 0 Å². The Morgan fingerprint density at radius 1 is 1.38 bits per heavy atom. The number of hydrogen-bond donors (Lipinski definition) is 0. The summed E-state index contributed by atoms with van der Waals surface area (Å²) in [5.74, 6) is 1.50. The van der Waals surface area contributed by atoms with Gasteiger partial charge in [0.1, 0.15) is 0 Å². The van der Waals surface area contributed by atoms with Crippen molar-refractivity contribution in [1.82, 2.24) is 0 Å². The van der Waals surface area contributed by atoms with Gasteiger partial charge in [0, 0.05) is 0 Å². The van der Waals surface area contributed by atoms with E-state index in [2.05, 4.69) is 34.1 Å². The summed E-state index contributed by atoms with van der Waals surface area (Å²) < 4.78 is 0. The first kappa shape index (κ1) is 8.00. The van der Waals surface area contributed by atoms with Gasteiger partial charge in [0.25, 0.3) is 0 Å². The molecule has 0 fully saturated rings. The second kappa shape index (κ2) is 3.94. The smallest absolute Gasteiger partial charge is 0.0355 e. The molecule has 0 spiro atoms. The van der Waals surface area contributed by atoms with Gasteiger partial charge in [-0.25, -0.2) is 0 Å². The van der Waals surface area contributed by atoms with Crippen molar-refractivity contribution in [3.8, 4) is 0 Å². The Bertz CT molecular complexity index is 46.0. The molecule has 0 bridgehead atoms. The molecule has 0 aliphatic rings. The van der Waals surface area contributed by atoms with Gasteiger partial charge >= 0.3 is 0 Å². The molecule has 0 saturated heterocycles. The largest absolute Gasteiger partial charge is 0.0625 e. The Hall–Kier alpha value is 0. The quantitative estimate of drug-likeness (QED) is 0.526. The van der Waals surface area contributed by atoms with E-state index in [0.29, 0.717) is 0 Å². The van der Waals surface area contributed by atoms with Crippen molar-refractivity contribution in [2.75, 3.05) is 0 Å². The van der Waals surface area contributed by atoms with Gasteiger partial charge in [0.05, 0.1) is 0 Å². The molecular weight excluding hydrogens is 96.1 g/mol. The normalized spacial score (nSPS) is 14.6. The van der Waals surface area contributed by atoms with Crippen molar-refractivity contribution in [1.29, 1.82) is 0 Å². The van der Waals surface area contributed by atoms with Gasteiger partial charge in [-0.15, -0.1) is 0 Å². The molecule has 0 rings (SSSR count). The van der Waals surface area contributed by atoms with Crippen LogP contribution >= 0.6 is 0 Å². The maximum Gasteiger partial charge on any atom is -0.0355 e. The standard InChI is InChI=1S/C8H16/c1-5-6-8(4)7(2)3/h6-8H,1,5H2,2-4H3. The maximum absolute atomic E-state index is 3.75. The Morgan fingerprint density at radius 3 is 2.00 bits per heavy atom. The second-order valence-electron chi connectivity index (χ2n) is 2.63. The molecule has 48 valence electrons. The average Bonchev–Trinajstić information content (AvgIpc) is 1.67. The molecule has 0 aliphatic heterocycles. The highest BCUT2D eigenvalue weighted by molar-refractivity contribution is 4.75. The number of rotatable bonds is 3. The molecule has 8 heavy (non-hydrogen) atoms. The average molecular weight is 112 g/mol. The summed E-state index contributed by atoms with van der Waals surface area (Å²) in [6, 6.07) is 0. The predicted octanol–water partition coefficient (Wildman–Crippen LogP) is 2.71. The molecular formula is C8H16. The van der Waals surface area contributed by atoms with Gasteiger partial charge in [-0.2, -0.15) is 0 Å². The molecule has 1 unspecified atom stereocenters. The number of hydrogen-bond acceptors (Lipinski definition) is 0. The van der Waals surface area contributed by atoms with Crippen LogP contribution in [0, 0.1) is 25.2 Å². The first-order valence-electron chi connectivity index (χ1n) is 3.31. The third-order valence-corrected chi connectivity index (χ3v) is 1.59. The van der Waals surface area contributed by atoms with E-state index < -0.39 is 0 Å². The lowest BCUT2D eigenvalue weighted by Crippen LogP contribution is -2.02. The molecule has 0 aromatic heterocycles. The van der Waals surface area contributed by atoms with Crippen LogP contribution in [0.3, 0.4) is 0 Å². The SMILES string of the molecule is [CH2]C[CH]C(C)C(C)C. The highest BCUT2D eigenvalue weighted by atomic mass is 14.1. The molecule has 0 saturated carbocycles. The van der Waals surface area contributed by atoms with Crippen LogP contribution in [-0.4, -0.2) is 0 Å². The van der Waals surface area contributed by atoms with E-state index in [9.17, 15) is 0 Å². The van der Waals surface area contributed by atoms with Crippen molar-refractivity contribution >= 4 is 0 Å². The summed E-state index contributed by atoms with van der Waals surface area (Å²) in [7, 11) is 0. The third kappa shape index (κ3) is 3.06. The summed E-state index contributed by atoms with van der Waals surface area (Å²) >= 11 is 0. The van der Waals surface area contributed by atoms with Crippen molar-refractivity contribution in [2.45, 2.75) is 27.2 Å². The molecule has 0 nitrogen and oxygen atoms in total. The van der Waals surface area contributed by atoms with Gasteiger partial charge in [0.2, 0.25) is 0 Å². The summed E-state index contributed by atoms with van der Waals surface area (Å²) in [6.07, 6.45) is 3.21. The van der Waals surface area contributed by atoms with E-state index in [1.54, 1.807) is 0 Å². The van der Waals surface area contributed by atoms with Crippen molar-refractivity contribution in [2.24, 2.45) is 11.8 Å². The summed E-state index contributed by atoms with van der Waals surface area (Å²) in [6.45, 7) is 10.5. The van der Waals surface area contributed by atoms with Crippen LogP contribution in [0.4, 0.5) is 0 Å². The zero-order valence-corrected chi connectivity index (χ0v) is 6.15. The molecule has 0 N–H and O–H groups in total. The van der Waals surface area contributed by atoms with Crippen LogP contribution in [-0.2, 0) is 0 Å². The van der Waals surface area contributed by atoms with E-state index in [1.165, 1.54) is 0 Å². The lowest BCUT2D eigenvalue weighted by molar-refractivity contribution is 0.468. The van der Waals surface area contributed by atoms with E-state index in [4.69, 9.17) is 0 Å². The van der Waals surface area contributed by atoms with E-state index in [-0.39, 0.29) is 0 Å². The Labute approximate surface area is 53.3 Å². The van der Waals surface area contributed by atoms with Gasteiger partial charge in [0.15, 0.2) is 0 Å². The summed E-state index contributed by atoms with van der Waals surface area (Å²) in [5, 5.41) is 0. The van der Waals surface area contributed by atoms with Crippen LogP contribution in [0.1, 0.15) is 27.2 Å². The minimum absolute atomic E-state index is 0.729. The lowest BCUT2D eigenvalue weighted by atomic mass is 9.94. The van der Waals surface area contributed by atoms with E-state index >= 15 is 0 Å². The minimum Gasteiger partial charge on any atom is -0.0625 e. The van der Waals surface area contributed by atoms with Crippen molar-refractivity contribution in [3.63, 3.8) is 0 Å². The zero-order chi connectivity index (χ0) is 6.57. The Balaban J connectivity index is 3.17. The van der Waals surface area contributed by atoms with Crippen LogP contribution in [0.15, 0.2) is 0 Å². The van der Waals surface area contributed by atoms with Crippen molar-refractivity contribution in [3.05, 3.63) is 13.3 Å². The first-order chi connectivity index (χ1) is 3.68. The van der Waals surface area contributed by atoms with Gasteiger partial charge in [-0.3, -0.25) is 0 Å². The molecule has 2 radical (unpaired) electrons. The highest BCUT2D eigenvalue weighted by Gasteiger charge is 2.03. The zero-order valence-electron chi connectivity index (χ0n) is 6.15. The maximum atomic E-state index is 3.75. The van der Waals surface area contributed by atoms with Gasteiger partial charge < -0.3 is 0 Å². The Kier molecular flexibility index (Phi) is 3.94. The fourth-order valence-electron chi connectivity index (χ4n) is 0.535. The van der Waals surface area contributed by atoms with Gasteiger partial charge in [-0.05, 0) is 24.7 Å². The van der Waals surface area contributed by atoms with E-state index in [0.717, 1.165) is 18.3 Å². The molecule has 0 aromatic carbocycles. The molecule has 0 heteroatoms. The van der Waals surface area contributed by atoms with E-state index in [1.807, 2.05) is 0 Å². The molecule has 0 aromatic rings. The Morgan fingerprint density at radius 2 is 1.88 bits per heavy atom. The highest BCUT2D eigenvalue weighted by Crippen LogP contribution is 2.13. The minimum atomic E-state index is 0.729. The summed E-state index contributed by atoms with van der Waals surface area (Å²) in [5.41, 5.74) is 0. The monoisotopic (exact) mass is 112 g/mol. The molecule has 1 atom stereocenters. The van der Waals surface area contributed by atoms with Gasteiger partial charge in [-0.1, -0.05) is 27.7 Å².